The highest BCUT2D eigenvalue weighted by Crippen LogP contribution is 2.13. The van der Waals surface area contributed by atoms with Gasteiger partial charge in [0.15, 0.2) is 11.8 Å². The number of hydrogen-bond donors (Lipinski definition) is 2. The minimum absolute atomic E-state index is 0.313. The second-order valence-corrected chi connectivity index (χ2v) is 7.44. The average Bonchev–Trinajstić information content (AvgIpc) is 2.94. The summed E-state index contributed by atoms with van der Waals surface area (Å²) in [6, 6.07) is 0.313. The van der Waals surface area contributed by atoms with Crippen molar-refractivity contribution in [3.63, 3.8) is 0 Å². The van der Waals surface area contributed by atoms with E-state index in [1.54, 1.807) is 7.11 Å². The summed E-state index contributed by atoms with van der Waals surface area (Å²) in [5, 5.41) is 11.5. The van der Waals surface area contributed by atoms with E-state index >= 15 is 0 Å². The Morgan fingerprint density at radius 2 is 2.19 bits per heavy atom. The molecule has 1 aromatic rings. The number of nitrogens with zero attached hydrogens (tertiary/aromatic N) is 6. The van der Waals surface area contributed by atoms with Gasteiger partial charge in [0.25, 0.3) is 0 Å². The molecule has 1 unspecified atom stereocenters. The molecular formula is C18H34N8O. The number of guanidine groups is 1. The maximum Gasteiger partial charge on any atom is 0.191 e. The maximum absolute atomic E-state index is 5.13. The lowest BCUT2D eigenvalue weighted by Gasteiger charge is -2.26. The Morgan fingerprint density at radius 1 is 1.30 bits per heavy atom. The van der Waals surface area contributed by atoms with Crippen molar-refractivity contribution in [2.45, 2.75) is 38.5 Å². The zero-order valence-corrected chi connectivity index (χ0v) is 16.9. The van der Waals surface area contributed by atoms with Crippen molar-refractivity contribution < 1.29 is 4.74 Å². The molecule has 0 spiro atoms. The fourth-order valence-electron chi connectivity index (χ4n) is 3.71. The molecule has 1 fully saturated rings. The Hall–Kier alpha value is -1.71. The van der Waals surface area contributed by atoms with E-state index in [0.29, 0.717) is 12.6 Å². The third-order valence-electron chi connectivity index (χ3n) is 5.27. The summed E-state index contributed by atoms with van der Waals surface area (Å²) < 4.78 is 7.13. The van der Waals surface area contributed by atoms with Crippen LogP contribution in [0.15, 0.2) is 4.99 Å². The van der Waals surface area contributed by atoms with Gasteiger partial charge >= 0.3 is 0 Å². The topological polar surface area (TPSA) is 82.8 Å². The molecule has 0 radical (unpaired) electrons. The number of likely N-dealkylation sites (N-methyl/N-ethyl adjacent to an activating group) is 1. The van der Waals surface area contributed by atoms with Crippen LogP contribution >= 0.6 is 0 Å². The van der Waals surface area contributed by atoms with Gasteiger partial charge in [0.2, 0.25) is 0 Å². The zero-order chi connectivity index (χ0) is 19.1. The number of rotatable bonds is 6. The lowest BCUT2D eigenvalue weighted by Crippen LogP contribution is -2.48. The smallest absolute Gasteiger partial charge is 0.191 e. The number of nitrogens with one attached hydrogen (secondary N) is 2. The van der Waals surface area contributed by atoms with Crippen molar-refractivity contribution in [1.29, 1.82) is 0 Å². The summed E-state index contributed by atoms with van der Waals surface area (Å²) in [5.74, 6) is 2.68. The van der Waals surface area contributed by atoms with Crippen LogP contribution in [0.25, 0.3) is 0 Å². The molecule has 152 valence electrons. The van der Waals surface area contributed by atoms with E-state index < -0.39 is 0 Å². The third-order valence-corrected chi connectivity index (χ3v) is 5.27. The van der Waals surface area contributed by atoms with Crippen LogP contribution in [0, 0.1) is 0 Å². The fourth-order valence-corrected chi connectivity index (χ4v) is 3.71. The van der Waals surface area contributed by atoms with E-state index in [1.807, 2.05) is 11.7 Å². The first kappa shape index (κ1) is 20.0. The number of ether oxygens (including phenoxy) is 1. The van der Waals surface area contributed by atoms with Gasteiger partial charge in [0.05, 0.1) is 6.54 Å². The average molecular weight is 379 g/mol. The minimum atomic E-state index is 0.313. The molecule has 2 aliphatic rings. The quantitative estimate of drug-likeness (QED) is 0.512. The van der Waals surface area contributed by atoms with E-state index in [9.17, 15) is 0 Å². The number of methoxy groups -OCH3 is 1. The summed E-state index contributed by atoms with van der Waals surface area (Å²) in [4.78, 5) is 13.9. The fraction of sp³-hybridized carbons (Fsp3) is 0.833. The Kier molecular flexibility index (Phi) is 7.42. The van der Waals surface area contributed by atoms with Crippen molar-refractivity contribution in [3.8, 4) is 0 Å². The summed E-state index contributed by atoms with van der Waals surface area (Å²) in [7, 11) is 5.71. The van der Waals surface area contributed by atoms with Gasteiger partial charge in [0.1, 0.15) is 12.4 Å². The van der Waals surface area contributed by atoms with Crippen LogP contribution in [0.5, 0.6) is 0 Å². The molecule has 1 aromatic heterocycles. The summed E-state index contributed by atoms with van der Waals surface area (Å²) >= 11 is 0. The standard InChI is InChI=1S/C18H34N8O/c1-19-18(20-7-10-25-9-4-8-24(2)11-12-25)21-15-5-6-17-22-16(14-27-3)23-26(17)13-15/h15H,4-14H2,1-3H3,(H2,19,20,21). The van der Waals surface area contributed by atoms with Crippen LogP contribution in [0.1, 0.15) is 24.5 Å². The van der Waals surface area contributed by atoms with E-state index in [-0.39, 0.29) is 0 Å². The largest absolute Gasteiger partial charge is 0.377 e. The Balaban J connectivity index is 1.42. The molecule has 9 heteroatoms. The molecule has 1 saturated heterocycles. The highest BCUT2D eigenvalue weighted by atomic mass is 16.5. The molecule has 0 aliphatic carbocycles. The first-order chi connectivity index (χ1) is 13.2. The minimum Gasteiger partial charge on any atom is -0.377 e. The predicted molar refractivity (Wildman–Crippen MR) is 106 cm³/mol. The summed E-state index contributed by atoms with van der Waals surface area (Å²) in [5.41, 5.74) is 0. The molecule has 2 N–H and O–H groups in total. The van der Waals surface area contributed by atoms with Gasteiger partial charge in [0, 0.05) is 52.8 Å². The SMILES string of the molecule is CN=C(NCCN1CCCN(C)CC1)NC1CCc2nc(COC)nn2C1. The van der Waals surface area contributed by atoms with Gasteiger partial charge in [-0.15, -0.1) is 0 Å². The normalized spacial score (nSPS) is 22.3. The molecule has 1 atom stereocenters. The first-order valence-electron chi connectivity index (χ1n) is 9.97. The monoisotopic (exact) mass is 378 g/mol. The first-order valence-corrected chi connectivity index (χ1v) is 9.97. The summed E-state index contributed by atoms with van der Waals surface area (Å²) in [6.07, 6.45) is 3.20. The van der Waals surface area contributed by atoms with Gasteiger partial charge in [-0.1, -0.05) is 0 Å². The van der Waals surface area contributed by atoms with Crippen LogP contribution in [-0.2, 0) is 24.3 Å². The second-order valence-electron chi connectivity index (χ2n) is 7.44. The van der Waals surface area contributed by atoms with Crippen molar-refractivity contribution >= 4 is 5.96 Å². The highest BCUT2D eigenvalue weighted by molar-refractivity contribution is 5.79. The van der Waals surface area contributed by atoms with Crippen LogP contribution in [0.2, 0.25) is 0 Å². The second kappa shape index (κ2) is 10.0. The van der Waals surface area contributed by atoms with Crippen molar-refractivity contribution in [3.05, 3.63) is 11.6 Å². The van der Waals surface area contributed by atoms with Crippen LogP contribution in [-0.4, -0.2) is 97.0 Å². The van der Waals surface area contributed by atoms with E-state index in [0.717, 1.165) is 63.2 Å². The molecule has 9 nitrogen and oxygen atoms in total. The maximum atomic E-state index is 5.13. The van der Waals surface area contributed by atoms with Gasteiger partial charge in [-0.25, -0.2) is 9.67 Å². The third kappa shape index (κ3) is 5.88. The highest BCUT2D eigenvalue weighted by Gasteiger charge is 2.22. The van der Waals surface area contributed by atoms with Crippen LogP contribution in [0.3, 0.4) is 0 Å². The van der Waals surface area contributed by atoms with E-state index in [1.165, 1.54) is 19.5 Å². The number of fused-ring (bicyclic) bond motifs is 1. The van der Waals surface area contributed by atoms with Crippen LogP contribution < -0.4 is 10.6 Å². The van der Waals surface area contributed by atoms with Crippen molar-refractivity contribution in [2.24, 2.45) is 4.99 Å². The molecule has 3 heterocycles. The molecule has 0 amide bonds. The molecule has 0 saturated carbocycles. The number of hydrogen-bond acceptors (Lipinski definition) is 6. The molecule has 3 rings (SSSR count). The van der Waals surface area contributed by atoms with E-state index in [2.05, 4.69) is 42.6 Å². The summed E-state index contributed by atoms with van der Waals surface area (Å²) in [6.45, 7) is 7.91. The lowest BCUT2D eigenvalue weighted by molar-refractivity contribution is 0.177. The number of aryl methyl sites for hydroxylation is 1. The van der Waals surface area contributed by atoms with E-state index in [4.69, 9.17) is 4.74 Å². The Labute approximate surface area is 162 Å². The van der Waals surface area contributed by atoms with Crippen LogP contribution in [0.4, 0.5) is 0 Å². The zero-order valence-electron chi connectivity index (χ0n) is 16.9. The number of aromatic nitrogens is 3. The van der Waals surface area contributed by atoms with Crippen molar-refractivity contribution in [1.82, 2.24) is 35.2 Å². The lowest BCUT2D eigenvalue weighted by atomic mass is 10.1. The molecule has 0 bridgehead atoms. The Morgan fingerprint density at radius 3 is 3.00 bits per heavy atom. The molecule has 0 aromatic carbocycles. The van der Waals surface area contributed by atoms with Gasteiger partial charge in [-0.3, -0.25) is 4.99 Å². The number of aliphatic imine (C=N–C) groups is 1. The predicted octanol–water partition coefficient (Wildman–Crippen LogP) is -0.458. The Bertz CT molecular complexity index is 617. The molecular weight excluding hydrogens is 344 g/mol. The molecule has 27 heavy (non-hydrogen) atoms. The molecule has 2 aliphatic heterocycles. The van der Waals surface area contributed by atoms with Crippen molar-refractivity contribution in [2.75, 3.05) is 60.5 Å². The van der Waals surface area contributed by atoms with Gasteiger partial charge < -0.3 is 25.2 Å². The van der Waals surface area contributed by atoms with Gasteiger partial charge in [-0.2, -0.15) is 5.10 Å². The van der Waals surface area contributed by atoms with Gasteiger partial charge in [-0.05, 0) is 33.0 Å².